The number of hydrogen-bond donors (Lipinski definition) is 2. The smallest absolute Gasteiger partial charge is 0.411 e. The van der Waals surface area contributed by atoms with Gasteiger partial charge < -0.3 is 29.4 Å². The maximum atomic E-state index is 13.5. The van der Waals surface area contributed by atoms with Crippen molar-refractivity contribution in [3.63, 3.8) is 0 Å². The summed E-state index contributed by atoms with van der Waals surface area (Å²) in [5, 5.41) is 12.5. The van der Waals surface area contributed by atoms with Crippen molar-refractivity contribution >= 4 is 18.0 Å². The van der Waals surface area contributed by atoms with Gasteiger partial charge in [0.25, 0.3) is 0 Å². The number of ether oxygens (including phenoxy) is 4. The first kappa shape index (κ1) is 32.7. The summed E-state index contributed by atoms with van der Waals surface area (Å²) in [5.41, 5.74) is -1.47. The quantitative estimate of drug-likeness (QED) is 0.160. The van der Waals surface area contributed by atoms with Gasteiger partial charge in [0.15, 0.2) is 6.29 Å². The number of amides is 2. The van der Waals surface area contributed by atoms with E-state index >= 15 is 0 Å². The van der Waals surface area contributed by atoms with Gasteiger partial charge in [-0.15, -0.1) is 0 Å². The van der Waals surface area contributed by atoms with E-state index in [0.29, 0.717) is 45.3 Å². The highest BCUT2D eigenvalue weighted by molar-refractivity contribution is 5.83. The number of rotatable bonds is 12. The molecule has 0 saturated carbocycles. The van der Waals surface area contributed by atoms with Crippen LogP contribution >= 0.6 is 0 Å². The standard InChI is InChI=1S/C27H48N2O8/c1-10-34-24(35-11-2)20-16-22(23(32)36-26(4,5)6)29(25(33)37-27(7,8)9)21(20)15-13-12-14-19(31)17-28-18(3)30/h17,20-22,24,31H,10-16H2,1-9H3,(H,28,30)/t20-,21-,22-/m1/s1. The van der Waals surface area contributed by atoms with Gasteiger partial charge in [-0.1, -0.05) is 6.42 Å². The van der Waals surface area contributed by atoms with Crippen molar-refractivity contribution < 1.29 is 38.4 Å². The minimum Gasteiger partial charge on any atom is -0.511 e. The zero-order chi connectivity index (χ0) is 28.4. The fraction of sp³-hybridized carbons (Fsp3) is 0.815. The van der Waals surface area contributed by atoms with Gasteiger partial charge >= 0.3 is 12.1 Å². The average molecular weight is 529 g/mol. The average Bonchev–Trinajstić information content (AvgIpc) is 3.12. The maximum absolute atomic E-state index is 13.5. The Kier molecular flexibility index (Phi) is 12.9. The Labute approximate surface area is 222 Å². The molecule has 37 heavy (non-hydrogen) atoms. The van der Waals surface area contributed by atoms with E-state index in [2.05, 4.69) is 5.32 Å². The molecule has 0 unspecified atom stereocenters. The van der Waals surface area contributed by atoms with Gasteiger partial charge in [-0.2, -0.15) is 0 Å². The number of unbranched alkanes of at least 4 members (excludes halogenated alkanes) is 1. The van der Waals surface area contributed by atoms with Crippen molar-refractivity contribution in [2.75, 3.05) is 13.2 Å². The first-order chi connectivity index (χ1) is 17.1. The highest BCUT2D eigenvalue weighted by Gasteiger charge is 2.52. The first-order valence-electron chi connectivity index (χ1n) is 13.2. The van der Waals surface area contributed by atoms with Gasteiger partial charge in [0.05, 0.1) is 0 Å². The number of carbonyl (C=O) groups excluding carboxylic acids is 3. The molecule has 214 valence electrons. The maximum Gasteiger partial charge on any atom is 0.411 e. The van der Waals surface area contributed by atoms with E-state index in [9.17, 15) is 19.5 Å². The zero-order valence-electron chi connectivity index (χ0n) is 24.1. The van der Waals surface area contributed by atoms with E-state index in [-0.39, 0.29) is 17.6 Å². The van der Waals surface area contributed by atoms with Crippen LogP contribution in [0.3, 0.4) is 0 Å². The topological polar surface area (TPSA) is 124 Å². The van der Waals surface area contributed by atoms with Gasteiger partial charge in [-0.3, -0.25) is 9.69 Å². The third kappa shape index (κ3) is 11.7. The molecular weight excluding hydrogens is 480 g/mol. The van der Waals surface area contributed by atoms with Crippen molar-refractivity contribution in [3.8, 4) is 0 Å². The normalized spacial score (nSPS) is 20.8. The van der Waals surface area contributed by atoms with Crippen molar-refractivity contribution in [1.82, 2.24) is 10.2 Å². The number of allylic oxidation sites excluding steroid dienone is 1. The van der Waals surface area contributed by atoms with Crippen molar-refractivity contribution in [2.45, 2.75) is 124 Å². The Morgan fingerprint density at radius 1 is 1.00 bits per heavy atom. The number of carbonyl (C=O) groups is 3. The monoisotopic (exact) mass is 528 g/mol. The van der Waals surface area contributed by atoms with Crippen LogP contribution in [0.15, 0.2) is 12.0 Å². The molecule has 0 aliphatic carbocycles. The molecule has 0 radical (unpaired) electrons. The van der Waals surface area contributed by atoms with Crippen molar-refractivity contribution in [3.05, 3.63) is 12.0 Å². The van der Waals surface area contributed by atoms with Crippen LogP contribution < -0.4 is 5.32 Å². The van der Waals surface area contributed by atoms with Gasteiger partial charge in [-0.05, 0) is 74.7 Å². The molecule has 2 amide bonds. The lowest BCUT2D eigenvalue weighted by Crippen LogP contribution is -2.50. The SMILES string of the molecule is CCOC(OCC)[C@@H]1C[C@H](C(=O)OC(C)(C)C)N(C(=O)OC(C)(C)C)[C@@H]1CCCCC(O)=CNC(C)=O. The second-order valence-corrected chi connectivity index (χ2v) is 11.3. The number of nitrogens with one attached hydrogen (secondary N) is 1. The number of hydrogen-bond acceptors (Lipinski definition) is 8. The molecule has 10 nitrogen and oxygen atoms in total. The van der Waals surface area contributed by atoms with Gasteiger partial charge in [-0.25, -0.2) is 9.59 Å². The molecule has 1 fully saturated rings. The van der Waals surface area contributed by atoms with Gasteiger partial charge in [0.1, 0.15) is 23.0 Å². The Morgan fingerprint density at radius 3 is 2.05 bits per heavy atom. The summed E-state index contributed by atoms with van der Waals surface area (Å²) in [5.74, 6) is -0.975. The van der Waals surface area contributed by atoms with E-state index in [0.717, 1.165) is 0 Å². The van der Waals surface area contributed by atoms with Crippen LogP contribution in [0.5, 0.6) is 0 Å². The summed E-state index contributed by atoms with van der Waals surface area (Å²) in [6, 6.07) is -1.25. The van der Waals surface area contributed by atoms with Crippen molar-refractivity contribution in [1.29, 1.82) is 0 Å². The van der Waals surface area contributed by atoms with Crippen molar-refractivity contribution in [2.24, 2.45) is 5.92 Å². The molecule has 0 spiro atoms. The summed E-state index contributed by atoms with van der Waals surface area (Å²) in [4.78, 5) is 39.3. The molecule has 2 N–H and O–H groups in total. The fourth-order valence-electron chi connectivity index (χ4n) is 4.31. The Hall–Kier alpha value is -2.33. The van der Waals surface area contributed by atoms with Crippen LogP contribution in [0.4, 0.5) is 4.79 Å². The van der Waals surface area contributed by atoms with Gasteiger partial charge in [0.2, 0.25) is 5.91 Å². The number of aliphatic hydroxyl groups is 1. The molecule has 0 aromatic rings. The Balaban J connectivity index is 3.26. The van der Waals surface area contributed by atoms with Crippen LogP contribution in [0, 0.1) is 5.92 Å². The van der Waals surface area contributed by atoms with Crippen LogP contribution in [0.2, 0.25) is 0 Å². The van der Waals surface area contributed by atoms with Gasteiger partial charge in [0, 0.05) is 44.7 Å². The molecule has 1 saturated heterocycles. The summed E-state index contributed by atoms with van der Waals surface area (Å²) in [6.07, 6.45) is 2.56. The van der Waals surface area contributed by atoms with E-state index in [1.807, 2.05) is 13.8 Å². The summed E-state index contributed by atoms with van der Waals surface area (Å²) in [6.45, 7) is 16.6. The number of aliphatic hydroxyl groups excluding tert-OH is 1. The van der Waals surface area contributed by atoms with Crippen LogP contribution in [0.1, 0.15) is 94.4 Å². The number of esters is 1. The molecule has 1 aliphatic heterocycles. The largest absolute Gasteiger partial charge is 0.511 e. The second kappa shape index (κ2) is 14.6. The van der Waals surface area contributed by atoms with E-state index in [1.54, 1.807) is 41.5 Å². The predicted molar refractivity (Wildman–Crippen MR) is 140 cm³/mol. The molecule has 1 heterocycles. The Morgan fingerprint density at radius 2 is 1.57 bits per heavy atom. The Bertz CT molecular complexity index is 778. The summed E-state index contributed by atoms with van der Waals surface area (Å²) < 4.78 is 23.2. The van der Waals surface area contributed by atoms with E-state index in [1.165, 1.54) is 18.0 Å². The molecule has 0 aromatic carbocycles. The lowest BCUT2D eigenvalue weighted by molar-refractivity contribution is -0.171. The number of nitrogens with zero attached hydrogens (tertiary/aromatic N) is 1. The molecule has 0 bridgehead atoms. The molecule has 10 heteroatoms. The minimum atomic E-state index is -0.847. The zero-order valence-corrected chi connectivity index (χ0v) is 24.1. The summed E-state index contributed by atoms with van der Waals surface area (Å²) in [7, 11) is 0. The van der Waals surface area contributed by atoms with Crippen LogP contribution in [-0.4, -0.2) is 70.8 Å². The van der Waals surface area contributed by atoms with E-state index in [4.69, 9.17) is 18.9 Å². The molecule has 1 rings (SSSR count). The van der Waals surface area contributed by atoms with Crippen LogP contribution in [0.25, 0.3) is 0 Å². The highest BCUT2D eigenvalue weighted by Crippen LogP contribution is 2.39. The third-order valence-corrected chi connectivity index (χ3v) is 5.60. The molecule has 3 atom stereocenters. The lowest BCUT2D eigenvalue weighted by Gasteiger charge is -2.35. The number of likely N-dealkylation sites (tertiary alicyclic amines) is 1. The third-order valence-electron chi connectivity index (χ3n) is 5.60. The second-order valence-electron chi connectivity index (χ2n) is 11.3. The first-order valence-corrected chi connectivity index (χ1v) is 13.2. The molecular formula is C27H48N2O8. The fourth-order valence-corrected chi connectivity index (χ4v) is 4.31. The van der Waals surface area contributed by atoms with Crippen LogP contribution in [-0.2, 0) is 28.5 Å². The minimum absolute atomic E-state index is 0.0651. The molecule has 0 aromatic heterocycles. The van der Waals surface area contributed by atoms with E-state index < -0.39 is 41.6 Å². The predicted octanol–water partition coefficient (Wildman–Crippen LogP) is 4.82. The molecule has 1 aliphatic rings. The lowest BCUT2D eigenvalue weighted by atomic mass is 9.93. The summed E-state index contributed by atoms with van der Waals surface area (Å²) >= 11 is 0. The highest BCUT2D eigenvalue weighted by atomic mass is 16.7.